The van der Waals surface area contributed by atoms with Crippen LogP contribution in [0.15, 0.2) is 30.7 Å². The van der Waals surface area contributed by atoms with Gasteiger partial charge in [0, 0.05) is 23.5 Å². The zero-order valence-corrected chi connectivity index (χ0v) is 15.9. The Morgan fingerprint density at radius 1 is 1.27 bits per heavy atom. The molecule has 0 radical (unpaired) electrons. The lowest BCUT2D eigenvalue weighted by molar-refractivity contribution is 0.100. The molecule has 0 unspecified atom stereocenters. The van der Waals surface area contributed by atoms with Crippen molar-refractivity contribution in [3.63, 3.8) is 0 Å². The average molecular weight is 354 g/mol. The van der Waals surface area contributed by atoms with E-state index in [2.05, 4.69) is 55.0 Å². The van der Waals surface area contributed by atoms with Crippen LogP contribution in [0.25, 0.3) is 16.9 Å². The number of anilines is 1. The molecule has 3 heterocycles. The predicted octanol–water partition coefficient (Wildman–Crippen LogP) is 3.45. The molecule has 7 heteroatoms. The van der Waals surface area contributed by atoms with Gasteiger partial charge >= 0.3 is 0 Å². The summed E-state index contributed by atoms with van der Waals surface area (Å²) in [6, 6.07) is 3.84. The molecule has 3 rings (SSSR count). The molecular weight excluding hydrogens is 328 g/mol. The van der Waals surface area contributed by atoms with Gasteiger partial charge in [-0.2, -0.15) is 9.61 Å². The first-order valence-corrected chi connectivity index (χ1v) is 8.65. The molecule has 0 aliphatic heterocycles. The fourth-order valence-corrected chi connectivity index (χ4v) is 3.63. The number of primary amides is 1. The second-order valence-electron chi connectivity index (χ2n) is 8.52. The molecule has 0 bridgehead atoms. The van der Waals surface area contributed by atoms with Gasteiger partial charge in [-0.25, -0.2) is 0 Å². The van der Waals surface area contributed by atoms with Crippen LogP contribution in [-0.4, -0.2) is 31.0 Å². The minimum Gasteiger partial charge on any atom is -0.365 e. The lowest BCUT2D eigenvalue weighted by atomic mass is 9.82. The number of carbonyl (C=O) groups excluding carboxylic acids is 1. The molecule has 0 aliphatic carbocycles. The Balaban J connectivity index is 2.14. The summed E-state index contributed by atoms with van der Waals surface area (Å²) >= 11 is 0. The normalized spacial score (nSPS) is 12.5. The number of rotatable bonds is 5. The molecule has 0 spiro atoms. The van der Waals surface area contributed by atoms with Crippen molar-refractivity contribution in [3.05, 3.63) is 36.3 Å². The monoisotopic (exact) mass is 354 g/mol. The van der Waals surface area contributed by atoms with Crippen LogP contribution in [0.5, 0.6) is 0 Å². The Labute approximate surface area is 153 Å². The number of nitrogens with two attached hydrogens (primary N) is 1. The van der Waals surface area contributed by atoms with E-state index in [9.17, 15) is 4.79 Å². The van der Waals surface area contributed by atoms with Crippen molar-refractivity contribution in [2.45, 2.75) is 46.6 Å². The maximum absolute atomic E-state index is 11.7. The van der Waals surface area contributed by atoms with Gasteiger partial charge in [0.05, 0.1) is 11.9 Å². The number of imidazole rings is 1. The minimum absolute atomic E-state index is 0.156. The number of hydrogen-bond donors (Lipinski definition) is 3. The quantitative estimate of drug-likeness (QED) is 0.653. The van der Waals surface area contributed by atoms with Crippen molar-refractivity contribution in [2.24, 2.45) is 11.1 Å². The molecule has 0 saturated heterocycles. The van der Waals surface area contributed by atoms with Crippen LogP contribution in [0.3, 0.4) is 0 Å². The Bertz CT molecular complexity index is 930. The highest BCUT2D eigenvalue weighted by molar-refractivity contribution is 5.99. The van der Waals surface area contributed by atoms with E-state index in [4.69, 9.17) is 5.73 Å². The SMILES string of the molecule is CC(C)(C)CC(C)(C)Nc1c(-c2cccnc2)[nH]c2c(C(N)=O)cnn12. The second-order valence-corrected chi connectivity index (χ2v) is 8.52. The summed E-state index contributed by atoms with van der Waals surface area (Å²) in [4.78, 5) is 19.2. The minimum atomic E-state index is -0.514. The van der Waals surface area contributed by atoms with Crippen LogP contribution >= 0.6 is 0 Å². The van der Waals surface area contributed by atoms with E-state index in [1.54, 1.807) is 16.9 Å². The Morgan fingerprint density at radius 3 is 2.58 bits per heavy atom. The van der Waals surface area contributed by atoms with E-state index in [0.29, 0.717) is 11.2 Å². The molecule has 1 amide bonds. The number of aromatic amines is 1. The van der Waals surface area contributed by atoms with Crippen LogP contribution in [0, 0.1) is 5.41 Å². The first kappa shape index (κ1) is 18.0. The highest BCUT2D eigenvalue weighted by Gasteiger charge is 2.29. The molecule has 0 fully saturated rings. The number of H-pyrrole nitrogens is 1. The summed E-state index contributed by atoms with van der Waals surface area (Å²) in [5.74, 6) is 0.272. The van der Waals surface area contributed by atoms with Gasteiger partial charge in [-0.1, -0.05) is 20.8 Å². The number of nitrogens with zero attached hydrogens (tertiary/aromatic N) is 3. The first-order chi connectivity index (χ1) is 12.1. The number of fused-ring (bicyclic) bond motifs is 1. The van der Waals surface area contributed by atoms with Gasteiger partial charge in [0.15, 0.2) is 5.82 Å². The van der Waals surface area contributed by atoms with Crippen molar-refractivity contribution in [1.82, 2.24) is 19.6 Å². The van der Waals surface area contributed by atoms with E-state index < -0.39 is 5.91 Å². The number of nitrogens with one attached hydrogen (secondary N) is 2. The predicted molar refractivity (Wildman–Crippen MR) is 103 cm³/mol. The second kappa shape index (κ2) is 6.16. The first-order valence-electron chi connectivity index (χ1n) is 8.65. The third-order valence-electron chi connectivity index (χ3n) is 4.11. The standard InChI is InChI=1S/C19H26N6O/c1-18(2,3)11-19(4,5)24-17-14(12-7-6-8-21-9-12)23-16-13(15(20)26)10-22-25(16)17/h6-10,23-24H,11H2,1-5H3,(H2,20,26). The molecule has 0 aromatic carbocycles. The topological polar surface area (TPSA) is 101 Å². The van der Waals surface area contributed by atoms with Crippen molar-refractivity contribution < 1.29 is 4.79 Å². The molecule has 4 N–H and O–H groups in total. The summed E-state index contributed by atoms with van der Waals surface area (Å²) in [6.07, 6.45) is 5.94. The largest absolute Gasteiger partial charge is 0.365 e. The Kier molecular flexibility index (Phi) is 4.26. The lowest BCUT2D eigenvalue weighted by Gasteiger charge is -2.34. The molecule has 0 saturated carbocycles. The van der Waals surface area contributed by atoms with Crippen LogP contribution in [-0.2, 0) is 0 Å². The maximum Gasteiger partial charge on any atom is 0.254 e. The van der Waals surface area contributed by atoms with Crippen molar-refractivity contribution in [1.29, 1.82) is 0 Å². The fraction of sp³-hybridized carbons (Fsp3) is 0.421. The highest BCUT2D eigenvalue weighted by Crippen LogP contribution is 2.34. The number of hydrogen-bond acceptors (Lipinski definition) is 4. The maximum atomic E-state index is 11.7. The zero-order chi connectivity index (χ0) is 19.1. The molecule has 7 nitrogen and oxygen atoms in total. The summed E-state index contributed by atoms with van der Waals surface area (Å²) in [6.45, 7) is 10.9. The van der Waals surface area contributed by atoms with Gasteiger partial charge < -0.3 is 16.0 Å². The lowest BCUT2D eigenvalue weighted by Crippen LogP contribution is -2.36. The van der Waals surface area contributed by atoms with Gasteiger partial charge in [0.1, 0.15) is 11.2 Å². The number of aromatic nitrogens is 4. The van der Waals surface area contributed by atoms with Crippen molar-refractivity contribution >= 4 is 17.4 Å². The summed E-state index contributed by atoms with van der Waals surface area (Å²) in [7, 11) is 0. The van der Waals surface area contributed by atoms with Gasteiger partial charge in [0.25, 0.3) is 5.91 Å². The summed E-state index contributed by atoms with van der Waals surface area (Å²) < 4.78 is 1.70. The number of pyridine rings is 1. The van der Waals surface area contributed by atoms with E-state index in [1.807, 2.05) is 12.1 Å². The van der Waals surface area contributed by atoms with E-state index in [0.717, 1.165) is 23.5 Å². The van der Waals surface area contributed by atoms with Gasteiger partial charge in [-0.3, -0.25) is 9.78 Å². The Morgan fingerprint density at radius 2 is 2.00 bits per heavy atom. The van der Waals surface area contributed by atoms with Crippen LogP contribution < -0.4 is 11.1 Å². The number of carbonyl (C=O) groups is 1. The van der Waals surface area contributed by atoms with Crippen LogP contribution in [0.2, 0.25) is 0 Å². The van der Waals surface area contributed by atoms with Crippen LogP contribution in [0.1, 0.15) is 51.4 Å². The molecule has 26 heavy (non-hydrogen) atoms. The molecule has 3 aromatic rings. The molecule has 0 atom stereocenters. The van der Waals surface area contributed by atoms with E-state index in [1.165, 1.54) is 6.20 Å². The third-order valence-corrected chi connectivity index (χ3v) is 4.11. The smallest absolute Gasteiger partial charge is 0.254 e. The van der Waals surface area contributed by atoms with Crippen LogP contribution in [0.4, 0.5) is 5.82 Å². The van der Waals surface area contributed by atoms with Crippen molar-refractivity contribution in [3.8, 4) is 11.3 Å². The van der Waals surface area contributed by atoms with Gasteiger partial charge in [-0.15, -0.1) is 0 Å². The zero-order valence-electron chi connectivity index (χ0n) is 15.9. The molecule has 3 aromatic heterocycles. The molecular formula is C19H26N6O. The number of amides is 1. The third kappa shape index (κ3) is 3.56. The van der Waals surface area contributed by atoms with Gasteiger partial charge in [0.2, 0.25) is 0 Å². The molecule has 138 valence electrons. The average Bonchev–Trinajstić information content (AvgIpc) is 3.05. The summed E-state index contributed by atoms with van der Waals surface area (Å²) in [5.41, 5.74) is 8.11. The van der Waals surface area contributed by atoms with Gasteiger partial charge in [-0.05, 0) is 37.8 Å². The fourth-order valence-electron chi connectivity index (χ4n) is 3.63. The van der Waals surface area contributed by atoms with Crippen molar-refractivity contribution in [2.75, 3.05) is 5.32 Å². The molecule has 0 aliphatic rings. The summed E-state index contributed by atoms with van der Waals surface area (Å²) in [5, 5.41) is 7.97. The Hall–Kier alpha value is -2.83. The van der Waals surface area contributed by atoms with E-state index in [-0.39, 0.29) is 11.0 Å². The highest BCUT2D eigenvalue weighted by atomic mass is 16.1. The van der Waals surface area contributed by atoms with E-state index >= 15 is 0 Å².